The SMILES string of the molecule is COc1ccc(N2C(=O)[C@@H]3[C@H](C2=O)[C@H](C(=O)Nc2cc(OC)ccc2OC)N2c4ccccc4C=C[C@@H]32)cc1. The van der Waals surface area contributed by atoms with Crippen LogP contribution in [0.5, 0.6) is 17.2 Å². The van der Waals surface area contributed by atoms with Crippen LogP contribution in [-0.4, -0.2) is 51.1 Å². The van der Waals surface area contributed by atoms with Crippen LogP contribution >= 0.6 is 0 Å². The van der Waals surface area contributed by atoms with Crippen LogP contribution in [-0.2, 0) is 14.4 Å². The molecule has 0 aliphatic carbocycles. The summed E-state index contributed by atoms with van der Waals surface area (Å²) in [5.74, 6) is -1.18. The third-order valence-electron chi connectivity index (χ3n) is 7.68. The lowest BCUT2D eigenvalue weighted by atomic mass is 9.88. The number of amides is 3. The topological polar surface area (TPSA) is 97.4 Å². The Morgan fingerprint density at radius 2 is 1.51 bits per heavy atom. The van der Waals surface area contributed by atoms with E-state index in [1.807, 2.05) is 41.3 Å². The van der Waals surface area contributed by atoms with Crippen molar-refractivity contribution < 1.29 is 28.6 Å². The Hall–Kier alpha value is -4.79. The number of fused-ring (bicyclic) bond motifs is 5. The molecule has 3 aromatic carbocycles. The molecule has 2 saturated heterocycles. The quantitative estimate of drug-likeness (QED) is 0.490. The number of anilines is 3. The minimum Gasteiger partial charge on any atom is -0.497 e. The fraction of sp³-hybridized carbons (Fsp3) is 0.233. The molecule has 1 N–H and O–H groups in total. The van der Waals surface area contributed by atoms with Gasteiger partial charge in [-0.15, -0.1) is 0 Å². The Labute approximate surface area is 225 Å². The number of nitrogens with zero attached hydrogens (tertiary/aromatic N) is 2. The van der Waals surface area contributed by atoms with Gasteiger partial charge in [0.1, 0.15) is 23.3 Å². The van der Waals surface area contributed by atoms with Crippen molar-refractivity contribution in [3.05, 3.63) is 78.4 Å². The first-order valence-electron chi connectivity index (χ1n) is 12.6. The van der Waals surface area contributed by atoms with E-state index >= 15 is 0 Å². The van der Waals surface area contributed by atoms with Crippen molar-refractivity contribution in [3.8, 4) is 17.2 Å². The highest BCUT2D eigenvalue weighted by Gasteiger charge is 2.64. The van der Waals surface area contributed by atoms with Gasteiger partial charge in [-0.1, -0.05) is 30.4 Å². The summed E-state index contributed by atoms with van der Waals surface area (Å²) in [6.45, 7) is 0. The van der Waals surface area contributed by atoms with Gasteiger partial charge in [0.15, 0.2) is 0 Å². The molecular formula is C30H27N3O6. The molecule has 0 saturated carbocycles. The van der Waals surface area contributed by atoms with Crippen molar-refractivity contribution in [1.29, 1.82) is 0 Å². The van der Waals surface area contributed by atoms with E-state index in [0.29, 0.717) is 28.6 Å². The van der Waals surface area contributed by atoms with Crippen molar-refractivity contribution in [2.24, 2.45) is 11.8 Å². The van der Waals surface area contributed by atoms with E-state index in [0.717, 1.165) is 11.3 Å². The molecule has 3 aromatic rings. The summed E-state index contributed by atoms with van der Waals surface area (Å²) in [6.07, 6.45) is 3.87. The number of carbonyl (C=O) groups is 3. The summed E-state index contributed by atoms with van der Waals surface area (Å²) in [7, 11) is 4.59. The zero-order chi connectivity index (χ0) is 27.3. The number of ether oxygens (including phenoxy) is 3. The van der Waals surface area contributed by atoms with E-state index < -0.39 is 35.7 Å². The van der Waals surface area contributed by atoms with Gasteiger partial charge < -0.3 is 24.4 Å². The molecule has 0 spiro atoms. The van der Waals surface area contributed by atoms with Crippen LogP contribution in [0, 0.1) is 11.8 Å². The summed E-state index contributed by atoms with van der Waals surface area (Å²) in [6, 6.07) is 18.1. The third-order valence-corrected chi connectivity index (χ3v) is 7.68. The van der Waals surface area contributed by atoms with Gasteiger partial charge in [-0.2, -0.15) is 0 Å². The van der Waals surface area contributed by atoms with Crippen molar-refractivity contribution in [2.45, 2.75) is 12.1 Å². The van der Waals surface area contributed by atoms with Crippen LogP contribution in [0.15, 0.2) is 72.8 Å². The van der Waals surface area contributed by atoms with Crippen molar-refractivity contribution in [1.82, 2.24) is 0 Å². The van der Waals surface area contributed by atoms with Crippen molar-refractivity contribution in [3.63, 3.8) is 0 Å². The second-order valence-electron chi connectivity index (χ2n) is 9.58. The van der Waals surface area contributed by atoms with Crippen LogP contribution in [0.25, 0.3) is 6.08 Å². The van der Waals surface area contributed by atoms with E-state index in [1.54, 1.807) is 49.6 Å². The lowest BCUT2D eigenvalue weighted by Crippen LogP contribution is -2.50. The maximum atomic E-state index is 14.1. The van der Waals surface area contributed by atoms with Crippen LogP contribution in [0.3, 0.4) is 0 Å². The number of nitrogens with one attached hydrogen (secondary N) is 1. The fourth-order valence-corrected chi connectivity index (χ4v) is 5.92. The first-order chi connectivity index (χ1) is 19.0. The molecule has 3 aliphatic rings. The van der Waals surface area contributed by atoms with Gasteiger partial charge in [0, 0.05) is 11.8 Å². The Bertz CT molecular complexity index is 1500. The maximum absolute atomic E-state index is 14.1. The Balaban J connectivity index is 1.43. The molecule has 3 aliphatic heterocycles. The number of rotatable bonds is 6. The molecule has 3 amide bonds. The van der Waals surface area contributed by atoms with Gasteiger partial charge in [0.2, 0.25) is 17.7 Å². The van der Waals surface area contributed by atoms with Gasteiger partial charge in [-0.3, -0.25) is 14.4 Å². The van der Waals surface area contributed by atoms with E-state index in [9.17, 15) is 14.4 Å². The smallest absolute Gasteiger partial charge is 0.248 e. The predicted octanol–water partition coefficient (Wildman–Crippen LogP) is 3.74. The van der Waals surface area contributed by atoms with E-state index in [2.05, 4.69) is 5.32 Å². The molecule has 4 atom stereocenters. The Morgan fingerprint density at radius 3 is 2.23 bits per heavy atom. The first kappa shape index (κ1) is 24.5. The molecular weight excluding hydrogens is 498 g/mol. The molecule has 39 heavy (non-hydrogen) atoms. The normalized spacial score (nSPS) is 22.7. The highest BCUT2D eigenvalue weighted by molar-refractivity contribution is 6.25. The summed E-state index contributed by atoms with van der Waals surface area (Å²) >= 11 is 0. The monoisotopic (exact) mass is 525 g/mol. The largest absolute Gasteiger partial charge is 0.497 e. The van der Waals surface area contributed by atoms with E-state index in [4.69, 9.17) is 14.2 Å². The number of methoxy groups -OCH3 is 3. The predicted molar refractivity (Wildman–Crippen MR) is 146 cm³/mol. The molecule has 6 rings (SSSR count). The second-order valence-corrected chi connectivity index (χ2v) is 9.58. The summed E-state index contributed by atoms with van der Waals surface area (Å²) in [5.41, 5.74) is 2.57. The van der Waals surface area contributed by atoms with Crippen LogP contribution in [0.2, 0.25) is 0 Å². The third kappa shape index (κ3) is 3.80. The lowest BCUT2D eigenvalue weighted by Gasteiger charge is -2.36. The number of hydrogen-bond acceptors (Lipinski definition) is 7. The van der Waals surface area contributed by atoms with E-state index in [1.165, 1.54) is 19.1 Å². The average molecular weight is 526 g/mol. The molecule has 198 valence electrons. The zero-order valence-corrected chi connectivity index (χ0v) is 21.7. The van der Waals surface area contributed by atoms with Gasteiger partial charge in [0.25, 0.3) is 0 Å². The van der Waals surface area contributed by atoms with Crippen molar-refractivity contribution >= 4 is 40.9 Å². The molecule has 0 bridgehead atoms. The van der Waals surface area contributed by atoms with Crippen LogP contribution in [0.1, 0.15) is 5.56 Å². The number of benzene rings is 3. The molecule has 9 heteroatoms. The van der Waals surface area contributed by atoms with Crippen LogP contribution in [0.4, 0.5) is 17.1 Å². The highest BCUT2D eigenvalue weighted by Crippen LogP contribution is 2.49. The molecule has 3 heterocycles. The van der Waals surface area contributed by atoms with Gasteiger partial charge in [0.05, 0.1) is 50.6 Å². The zero-order valence-electron chi connectivity index (χ0n) is 21.7. The minimum atomic E-state index is -0.943. The molecule has 2 fully saturated rings. The van der Waals surface area contributed by atoms with Crippen molar-refractivity contribution in [2.75, 3.05) is 36.4 Å². The average Bonchev–Trinajstić information content (AvgIpc) is 3.45. The maximum Gasteiger partial charge on any atom is 0.248 e. The lowest BCUT2D eigenvalue weighted by molar-refractivity contribution is -0.126. The van der Waals surface area contributed by atoms with Crippen LogP contribution < -0.4 is 29.3 Å². The minimum absolute atomic E-state index is 0.330. The number of hydrogen-bond donors (Lipinski definition) is 1. The number of imide groups is 1. The number of para-hydroxylation sites is 1. The second kappa shape index (κ2) is 9.50. The highest BCUT2D eigenvalue weighted by atomic mass is 16.5. The summed E-state index contributed by atoms with van der Waals surface area (Å²) in [5, 5.41) is 2.95. The fourth-order valence-electron chi connectivity index (χ4n) is 5.92. The number of carbonyl (C=O) groups excluding carboxylic acids is 3. The van der Waals surface area contributed by atoms with Gasteiger partial charge >= 0.3 is 0 Å². The molecule has 0 radical (unpaired) electrons. The standard InChI is InChI=1S/C30H27N3O6/c1-37-19-11-9-18(10-12-19)32-29(35)25-23-14-8-17-6-4-5-7-22(17)33(23)27(26(25)30(32)36)28(34)31-21-16-20(38-2)13-15-24(21)39-3/h4-16,23,25-27H,1-3H3,(H,31,34)/t23-,25-,26-,27+/m0/s1. The summed E-state index contributed by atoms with van der Waals surface area (Å²) in [4.78, 5) is 45.1. The van der Waals surface area contributed by atoms with Gasteiger partial charge in [-0.05, 0) is 48.0 Å². The Kier molecular flexibility index (Phi) is 5.98. The van der Waals surface area contributed by atoms with Gasteiger partial charge in [-0.25, -0.2) is 4.90 Å². The van der Waals surface area contributed by atoms with E-state index in [-0.39, 0.29) is 5.91 Å². The Morgan fingerprint density at radius 1 is 0.821 bits per heavy atom. The molecule has 0 unspecified atom stereocenters. The first-order valence-corrected chi connectivity index (χ1v) is 12.6. The molecule has 0 aromatic heterocycles. The molecule has 9 nitrogen and oxygen atoms in total. The summed E-state index contributed by atoms with van der Waals surface area (Å²) < 4.78 is 16.0.